The van der Waals surface area contributed by atoms with Crippen molar-refractivity contribution in [3.8, 4) is 0 Å². The van der Waals surface area contributed by atoms with E-state index >= 15 is 0 Å². The van der Waals surface area contributed by atoms with Crippen LogP contribution in [0.25, 0.3) is 0 Å². The van der Waals surface area contributed by atoms with Gasteiger partial charge >= 0.3 is 0 Å². The quantitative estimate of drug-likeness (QED) is 0.280. The van der Waals surface area contributed by atoms with Gasteiger partial charge in [0.15, 0.2) is 0 Å². The fourth-order valence-electron chi connectivity index (χ4n) is 7.18. The first-order valence-electron chi connectivity index (χ1n) is 14.5. The van der Waals surface area contributed by atoms with Crippen molar-refractivity contribution in [3.63, 3.8) is 0 Å². The van der Waals surface area contributed by atoms with Crippen molar-refractivity contribution in [1.29, 1.82) is 0 Å². The van der Waals surface area contributed by atoms with Crippen LogP contribution in [0.1, 0.15) is 56.6 Å². The molecule has 1 spiro atoms. The summed E-state index contributed by atoms with van der Waals surface area (Å²) < 4.78 is -1.05. The predicted octanol–water partition coefficient (Wildman–Crippen LogP) is 4.50. The van der Waals surface area contributed by atoms with E-state index in [-0.39, 0.29) is 24.3 Å². The second-order valence-corrected chi connectivity index (χ2v) is 13.8. The third kappa shape index (κ3) is 5.13. The lowest BCUT2D eigenvalue weighted by atomic mass is 9.66. The molecule has 1 N–H and O–H groups in total. The number of benzene rings is 1. The van der Waals surface area contributed by atoms with Crippen LogP contribution in [0, 0.1) is 25.7 Å². The highest BCUT2D eigenvalue weighted by Crippen LogP contribution is 2.71. The average molecular weight is 568 g/mol. The number of aliphatic hydroxyl groups excluding tert-OH is 1. The van der Waals surface area contributed by atoms with E-state index in [1.165, 1.54) is 0 Å². The van der Waals surface area contributed by atoms with E-state index in [9.17, 15) is 19.5 Å². The first-order valence-corrected chi connectivity index (χ1v) is 15.3. The van der Waals surface area contributed by atoms with Gasteiger partial charge in [-0.25, -0.2) is 0 Å². The predicted molar refractivity (Wildman–Crippen MR) is 162 cm³/mol. The van der Waals surface area contributed by atoms with Gasteiger partial charge in [0.25, 0.3) is 5.91 Å². The van der Waals surface area contributed by atoms with Crippen LogP contribution in [0.15, 0.2) is 43.5 Å². The van der Waals surface area contributed by atoms with Gasteiger partial charge in [0.2, 0.25) is 11.8 Å². The van der Waals surface area contributed by atoms with Gasteiger partial charge in [-0.15, -0.1) is 24.9 Å². The molecular formula is C32H45N3O4S. The summed E-state index contributed by atoms with van der Waals surface area (Å²) in [6, 6.07) is 5.43. The minimum atomic E-state index is -0.656. The Morgan fingerprint density at radius 2 is 1.80 bits per heavy atom. The van der Waals surface area contributed by atoms with Crippen LogP contribution in [0.3, 0.4) is 0 Å². The van der Waals surface area contributed by atoms with Crippen LogP contribution in [0.5, 0.6) is 0 Å². The number of fused-ring (bicyclic) bond motifs is 1. The van der Waals surface area contributed by atoms with Crippen molar-refractivity contribution in [3.05, 3.63) is 54.6 Å². The Kier molecular flexibility index (Phi) is 9.20. The highest BCUT2D eigenvalue weighted by atomic mass is 32.2. The molecular weight excluding hydrogens is 522 g/mol. The van der Waals surface area contributed by atoms with E-state index in [4.69, 9.17) is 0 Å². The van der Waals surface area contributed by atoms with Gasteiger partial charge in [-0.2, -0.15) is 0 Å². The lowest BCUT2D eigenvalue weighted by molar-refractivity contribution is -0.144. The Morgan fingerprint density at radius 1 is 1.10 bits per heavy atom. The van der Waals surface area contributed by atoms with Gasteiger partial charge in [-0.05, 0) is 63.6 Å². The molecule has 1 aromatic carbocycles. The molecule has 0 saturated carbocycles. The maximum absolute atomic E-state index is 14.8. The van der Waals surface area contributed by atoms with Crippen LogP contribution in [0.2, 0.25) is 0 Å². The molecule has 3 aliphatic rings. The third-order valence-corrected chi connectivity index (χ3v) is 11.1. The van der Waals surface area contributed by atoms with Crippen molar-refractivity contribution < 1.29 is 19.5 Å². The van der Waals surface area contributed by atoms with Crippen molar-refractivity contribution in [2.75, 3.05) is 38.2 Å². The maximum atomic E-state index is 14.8. The molecule has 7 nitrogen and oxygen atoms in total. The topological polar surface area (TPSA) is 81.2 Å². The molecule has 2 unspecified atom stereocenters. The number of amides is 3. The number of carbonyl (C=O) groups is 3. The number of rotatable bonds is 13. The largest absolute Gasteiger partial charge is 0.396 e. The third-order valence-electron chi connectivity index (χ3n) is 9.10. The van der Waals surface area contributed by atoms with E-state index < -0.39 is 27.4 Å². The van der Waals surface area contributed by atoms with E-state index in [1.807, 2.05) is 32.0 Å². The summed E-state index contributed by atoms with van der Waals surface area (Å²) in [7, 11) is 1.77. The number of thioether (sulfide) groups is 1. The molecule has 218 valence electrons. The number of likely N-dealkylation sites (tertiary alicyclic amines) is 1. The van der Waals surface area contributed by atoms with Crippen LogP contribution in [0.4, 0.5) is 5.69 Å². The number of carbonyl (C=O) groups excluding carboxylic acids is 3. The lowest BCUT2D eigenvalue weighted by Crippen LogP contribution is -2.55. The second-order valence-electron chi connectivity index (χ2n) is 11.9. The van der Waals surface area contributed by atoms with Crippen LogP contribution in [-0.4, -0.2) is 81.5 Å². The summed E-state index contributed by atoms with van der Waals surface area (Å²) in [5, 5.41) is 9.20. The van der Waals surface area contributed by atoms with Crippen molar-refractivity contribution in [2.45, 2.75) is 74.8 Å². The molecule has 3 aliphatic heterocycles. The van der Waals surface area contributed by atoms with E-state index in [1.54, 1.807) is 45.7 Å². The molecule has 5 atom stereocenters. The Hall–Kier alpha value is -2.58. The molecule has 0 aromatic heterocycles. The Labute approximate surface area is 243 Å². The minimum Gasteiger partial charge on any atom is -0.396 e. The first kappa shape index (κ1) is 30.4. The maximum Gasteiger partial charge on any atom is 0.251 e. The zero-order valence-electron chi connectivity index (χ0n) is 24.5. The summed E-state index contributed by atoms with van der Waals surface area (Å²) in [4.78, 5) is 48.2. The van der Waals surface area contributed by atoms with Gasteiger partial charge in [-0.1, -0.05) is 37.1 Å². The van der Waals surface area contributed by atoms with E-state index in [2.05, 4.69) is 20.1 Å². The zero-order valence-corrected chi connectivity index (χ0v) is 25.3. The minimum absolute atomic E-state index is 0.0386. The van der Waals surface area contributed by atoms with Crippen molar-refractivity contribution >= 4 is 35.2 Å². The molecule has 4 rings (SSSR count). The SMILES string of the molecule is C=CCN(C)C(=O)[C@@H]1[C@H]2C(=O)N(CCCCCCO)C(C(=O)N(CC=C)c3cc(C)ccc3C)C23CC[C@@]1(C)S3. The standard InChI is InChI=1S/C32H45N3O4S/c1-7-17-33(6)28(37)25-26-29(38)35(19-11-9-10-12-20-36)27(32(26)16-15-31(25,5)40-32)30(39)34(18-8-2)24-21-22(3)13-14-23(24)4/h7-8,13-14,21,25-27,36H,1-2,9-12,15-20H2,3-6H3/t25-,26-,27?,31+,32?/m0/s1. The van der Waals surface area contributed by atoms with Gasteiger partial charge in [-0.3, -0.25) is 14.4 Å². The van der Waals surface area contributed by atoms with Gasteiger partial charge in [0, 0.05) is 43.7 Å². The fraction of sp³-hybridized carbons (Fsp3) is 0.594. The molecule has 3 saturated heterocycles. The number of anilines is 1. The number of likely N-dealkylation sites (N-methyl/N-ethyl adjacent to an activating group) is 1. The number of unbranched alkanes of at least 4 members (excludes halogenated alkanes) is 3. The van der Waals surface area contributed by atoms with E-state index in [0.717, 1.165) is 55.3 Å². The number of aryl methyl sites for hydroxylation is 2. The fourth-order valence-corrected chi connectivity index (χ4v) is 9.53. The Morgan fingerprint density at radius 3 is 2.48 bits per heavy atom. The summed E-state index contributed by atoms with van der Waals surface area (Å²) in [5.74, 6) is -1.22. The van der Waals surface area contributed by atoms with Crippen molar-refractivity contribution in [1.82, 2.24) is 9.80 Å². The highest BCUT2D eigenvalue weighted by Gasteiger charge is 2.77. The molecule has 3 fully saturated rings. The number of hydrogen-bond donors (Lipinski definition) is 1. The summed E-state index contributed by atoms with van der Waals surface area (Å²) in [6.45, 7) is 15.2. The van der Waals surface area contributed by atoms with Crippen LogP contribution < -0.4 is 4.90 Å². The lowest BCUT2D eigenvalue weighted by Gasteiger charge is -2.38. The molecule has 40 heavy (non-hydrogen) atoms. The van der Waals surface area contributed by atoms with Gasteiger partial charge in [0.1, 0.15) is 6.04 Å². The molecule has 8 heteroatoms. The summed E-state index contributed by atoms with van der Waals surface area (Å²) in [5.41, 5.74) is 2.88. The summed E-state index contributed by atoms with van der Waals surface area (Å²) >= 11 is 1.71. The molecule has 0 radical (unpaired) electrons. The highest BCUT2D eigenvalue weighted by molar-refractivity contribution is 8.02. The van der Waals surface area contributed by atoms with E-state index in [0.29, 0.717) is 19.6 Å². The Balaban J connectivity index is 1.77. The monoisotopic (exact) mass is 567 g/mol. The van der Waals surface area contributed by atoms with Gasteiger partial charge < -0.3 is 19.8 Å². The Bertz CT molecular complexity index is 1170. The van der Waals surface area contributed by atoms with Crippen molar-refractivity contribution in [2.24, 2.45) is 11.8 Å². The number of nitrogens with zero attached hydrogens (tertiary/aromatic N) is 3. The average Bonchev–Trinajstić information content (AvgIpc) is 3.48. The first-order chi connectivity index (χ1) is 19.1. The molecule has 1 aromatic rings. The normalized spacial score (nSPS) is 28.5. The zero-order chi connectivity index (χ0) is 29.2. The smallest absolute Gasteiger partial charge is 0.251 e. The number of hydrogen-bond acceptors (Lipinski definition) is 5. The van der Waals surface area contributed by atoms with Crippen LogP contribution >= 0.6 is 11.8 Å². The molecule has 0 aliphatic carbocycles. The number of aliphatic hydroxyl groups is 1. The molecule has 3 amide bonds. The summed E-state index contributed by atoms with van der Waals surface area (Å²) in [6.07, 6.45) is 8.17. The molecule has 2 bridgehead atoms. The second kappa shape index (κ2) is 12.1. The van der Waals surface area contributed by atoms with Crippen LogP contribution in [-0.2, 0) is 14.4 Å². The van der Waals surface area contributed by atoms with Gasteiger partial charge in [0.05, 0.1) is 16.6 Å². The molecule has 3 heterocycles.